The van der Waals surface area contributed by atoms with Crippen molar-refractivity contribution in [2.45, 2.75) is 44.9 Å². The fraction of sp³-hybridized carbons (Fsp3) is 0.750. The molecule has 1 saturated heterocycles. The molecule has 2 N–H and O–H groups in total. The van der Waals surface area contributed by atoms with Crippen molar-refractivity contribution in [3.63, 3.8) is 0 Å². The molecule has 6 heteroatoms. The number of aromatic nitrogens is 1. The quantitative estimate of drug-likeness (QED) is 0.899. The van der Waals surface area contributed by atoms with Crippen LogP contribution in [-0.4, -0.2) is 30.8 Å². The van der Waals surface area contributed by atoms with E-state index >= 15 is 0 Å². The number of hydrogen-bond acceptors (Lipinski definition) is 4. The summed E-state index contributed by atoms with van der Waals surface area (Å²) in [6.07, 6.45) is 8.17. The second-order valence-electron chi connectivity index (χ2n) is 6.96. The van der Waals surface area contributed by atoms with Crippen molar-refractivity contribution in [3.05, 3.63) is 10.6 Å². The van der Waals surface area contributed by atoms with Gasteiger partial charge in [-0.05, 0) is 56.3 Å². The summed E-state index contributed by atoms with van der Waals surface area (Å²) in [7, 11) is 0. The average Bonchev–Trinajstić information content (AvgIpc) is 3.26. The van der Waals surface area contributed by atoms with Gasteiger partial charge in [-0.1, -0.05) is 0 Å². The maximum Gasteiger partial charge on any atom is 0.321 e. The van der Waals surface area contributed by atoms with E-state index in [0.717, 1.165) is 50.6 Å². The minimum Gasteiger partial charge on any atom is -0.381 e. The summed E-state index contributed by atoms with van der Waals surface area (Å²) in [6, 6.07) is -0.112. The Hall–Kier alpha value is -1.14. The number of hydrogen-bond donors (Lipinski definition) is 2. The van der Waals surface area contributed by atoms with Gasteiger partial charge >= 0.3 is 6.03 Å². The van der Waals surface area contributed by atoms with E-state index in [1.165, 1.54) is 29.8 Å². The molecule has 1 saturated carbocycles. The minimum absolute atomic E-state index is 0.112. The van der Waals surface area contributed by atoms with Gasteiger partial charge in [0.1, 0.15) is 0 Å². The molecule has 2 fully saturated rings. The van der Waals surface area contributed by atoms with Crippen molar-refractivity contribution in [2.24, 2.45) is 11.3 Å². The van der Waals surface area contributed by atoms with Crippen LogP contribution >= 0.6 is 11.3 Å². The molecule has 0 unspecified atom stereocenters. The summed E-state index contributed by atoms with van der Waals surface area (Å²) >= 11 is 1.66. The van der Waals surface area contributed by atoms with Gasteiger partial charge in [0.2, 0.25) is 0 Å². The topological polar surface area (TPSA) is 63.2 Å². The lowest BCUT2D eigenvalue weighted by atomic mass is 9.70. The largest absolute Gasteiger partial charge is 0.381 e. The molecule has 22 heavy (non-hydrogen) atoms. The number of rotatable bonds is 3. The SMILES string of the molecule is O=C(NCC1CC1)Nc1nc2c(s1)CC1(CCOCC1)CC2. The molecule has 2 heterocycles. The number of nitrogens with one attached hydrogen (secondary N) is 2. The first-order valence-corrected chi connectivity index (χ1v) is 9.15. The molecule has 120 valence electrons. The van der Waals surface area contributed by atoms with Crippen molar-refractivity contribution in [1.29, 1.82) is 0 Å². The second kappa shape index (κ2) is 5.81. The highest BCUT2D eigenvalue weighted by molar-refractivity contribution is 7.15. The van der Waals surface area contributed by atoms with Gasteiger partial charge in [-0.15, -0.1) is 11.3 Å². The Balaban J connectivity index is 1.38. The van der Waals surface area contributed by atoms with E-state index < -0.39 is 0 Å². The summed E-state index contributed by atoms with van der Waals surface area (Å²) < 4.78 is 5.52. The van der Waals surface area contributed by atoms with E-state index in [9.17, 15) is 4.79 Å². The lowest BCUT2D eigenvalue weighted by Gasteiger charge is -2.39. The van der Waals surface area contributed by atoms with Crippen molar-refractivity contribution in [3.8, 4) is 0 Å². The summed E-state index contributed by atoms with van der Waals surface area (Å²) in [5, 5.41) is 6.59. The first-order chi connectivity index (χ1) is 10.7. The number of aryl methyl sites for hydroxylation is 1. The molecule has 1 spiro atoms. The number of thiazole rings is 1. The maximum atomic E-state index is 11.9. The Morgan fingerprint density at radius 2 is 2.14 bits per heavy atom. The first kappa shape index (κ1) is 14.5. The summed E-state index contributed by atoms with van der Waals surface area (Å²) in [4.78, 5) is 17.9. The Morgan fingerprint density at radius 1 is 1.32 bits per heavy atom. The van der Waals surface area contributed by atoms with Crippen LogP contribution < -0.4 is 10.6 Å². The van der Waals surface area contributed by atoms with Crippen LogP contribution in [0.15, 0.2) is 0 Å². The van der Waals surface area contributed by atoms with E-state index in [1.807, 2.05) is 0 Å². The molecule has 4 rings (SSSR count). The van der Waals surface area contributed by atoms with Crippen LogP contribution in [0, 0.1) is 11.3 Å². The molecule has 1 aliphatic heterocycles. The maximum absolute atomic E-state index is 11.9. The van der Waals surface area contributed by atoms with Gasteiger partial charge in [-0.25, -0.2) is 9.78 Å². The number of urea groups is 1. The van der Waals surface area contributed by atoms with E-state index in [-0.39, 0.29) is 6.03 Å². The van der Waals surface area contributed by atoms with Crippen LogP contribution in [0.3, 0.4) is 0 Å². The highest BCUT2D eigenvalue weighted by atomic mass is 32.1. The monoisotopic (exact) mass is 321 g/mol. The number of ether oxygens (including phenoxy) is 1. The third-order valence-corrected chi connectivity index (χ3v) is 6.24. The molecule has 0 atom stereocenters. The van der Waals surface area contributed by atoms with Crippen molar-refractivity contribution < 1.29 is 9.53 Å². The predicted octanol–water partition coefficient (Wildman–Crippen LogP) is 2.96. The molecule has 2 aliphatic carbocycles. The predicted molar refractivity (Wildman–Crippen MR) is 86.4 cm³/mol. The molecule has 1 aromatic rings. The summed E-state index contributed by atoms with van der Waals surface area (Å²) in [6.45, 7) is 2.58. The van der Waals surface area contributed by atoms with Crippen LogP contribution in [0.5, 0.6) is 0 Å². The Morgan fingerprint density at radius 3 is 2.91 bits per heavy atom. The van der Waals surface area contributed by atoms with E-state index in [0.29, 0.717) is 11.3 Å². The zero-order chi connectivity index (χ0) is 15.0. The van der Waals surface area contributed by atoms with Gasteiger partial charge in [-0.3, -0.25) is 5.32 Å². The van der Waals surface area contributed by atoms with Crippen LogP contribution in [0.1, 0.15) is 42.7 Å². The molecule has 5 nitrogen and oxygen atoms in total. The lowest BCUT2D eigenvalue weighted by molar-refractivity contribution is 0.00784. The van der Waals surface area contributed by atoms with Gasteiger partial charge < -0.3 is 10.1 Å². The second-order valence-corrected chi connectivity index (χ2v) is 8.04. The van der Waals surface area contributed by atoms with E-state index in [4.69, 9.17) is 4.74 Å². The molecule has 3 aliphatic rings. The number of nitrogens with zero attached hydrogens (tertiary/aromatic N) is 1. The lowest BCUT2D eigenvalue weighted by Crippen LogP contribution is -2.34. The summed E-state index contributed by atoms with van der Waals surface area (Å²) in [5.74, 6) is 0.698. The zero-order valence-electron chi connectivity index (χ0n) is 12.8. The highest BCUT2D eigenvalue weighted by Gasteiger charge is 2.37. The van der Waals surface area contributed by atoms with Gasteiger partial charge in [-0.2, -0.15) is 0 Å². The number of carbonyl (C=O) groups is 1. The average molecular weight is 321 g/mol. The van der Waals surface area contributed by atoms with E-state index in [2.05, 4.69) is 15.6 Å². The standard InChI is InChI=1S/C16H23N3O2S/c20-14(17-10-11-1-2-11)19-15-18-12-3-4-16(9-13(12)22-15)5-7-21-8-6-16/h11H,1-10H2,(H2,17,18,19,20). The fourth-order valence-electron chi connectivity index (χ4n) is 3.51. The molecule has 0 radical (unpaired) electrons. The van der Waals surface area contributed by atoms with Crippen molar-refractivity contribution >= 4 is 22.5 Å². The molecular formula is C16H23N3O2S. The first-order valence-electron chi connectivity index (χ1n) is 8.34. The minimum atomic E-state index is -0.112. The van der Waals surface area contributed by atoms with Crippen molar-refractivity contribution in [2.75, 3.05) is 25.1 Å². The molecule has 1 aromatic heterocycles. The Bertz CT molecular complexity index is 562. The van der Waals surface area contributed by atoms with Gasteiger partial charge in [0.15, 0.2) is 5.13 Å². The van der Waals surface area contributed by atoms with Gasteiger partial charge in [0, 0.05) is 24.6 Å². The third-order valence-electron chi connectivity index (χ3n) is 5.23. The highest BCUT2D eigenvalue weighted by Crippen LogP contribution is 2.45. The van der Waals surface area contributed by atoms with Crippen LogP contribution in [0.2, 0.25) is 0 Å². The Labute approximate surface area is 134 Å². The number of fused-ring (bicyclic) bond motifs is 1. The number of anilines is 1. The number of amides is 2. The zero-order valence-corrected chi connectivity index (χ0v) is 13.6. The van der Waals surface area contributed by atoms with Crippen molar-refractivity contribution in [1.82, 2.24) is 10.3 Å². The Kier molecular flexibility index (Phi) is 3.82. The molecule has 0 aromatic carbocycles. The van der Waals surface area contributed by atoms with Crippen LogP contribution in [0.4, 0.5) is 9.93 Å². The smallest absolute Gasteiger partial charge is 0.321 e. The van der Waals surface area contributed by atoms with Gasteiger partial charge in [0.25, 0.3) is 0 Å². The fourth-order valence-corrected chi connectivity index (χ4v) is 4.69. The number of carbonyl (C=O) groups excluding carboxylic acids is 1. The van der Waals surface area contributed by atoms with Crippen LogP contribution in [-0.2, 0) is 17.6 Å². The van der Waals surface area contributed by atoms with E-state index in [1.54, 1.807) is 11.3 Å². The molecule has 2 amide bonds. The molecular weight excluding hydrogens is 298 g/mol. The third kappa shape index (κ3) is 3.13. The summed E-state index contributed by atoms with van der Waals surface area (Å²) in [5.41, 5.74) is 1.61. The van der Waals surface area contributed by atoms with Crippen LogP contribution in [0.25, 0.3) is 0 Å². The normalized spacial score (nSPS) is 23.1. The molecule has 0 bridgehead atoms. The van der Waals surface area contributed by atoms with Gasteiger partial charge in [0.05, 0.1) is 5.69 Å².